The molecule has 0 bridgehead atoms. The molecular weight excluding hydrogens is 188 g/mol. The van der Waals surface area contributed by atoms with Gasteiger partial charge in [0.25, 0.3) is 0 Å². The van der Waals surface area contributed by atoms with E-state index in [0.717, 1.165) is 30.4 Å². The number of aliphatic hydroxyl groups is 1. The Morgan fingerprint density at radius 2 is 2.27 bits per heavy atom. The first-order chi connectivity index (χ1) is 7.22. The molecule has 1 aliphatic carbocycles. The van der Waals surface area contributed by atoms with E-state index in [-0.39, 0.29) is 6.04 Å². The van der Waals surface area contributed by atoms with Gasteiger partial charge < -0.3 is 10.8 Å². The summed E-state index contributed by atoms with van der Waals surface area (Å²) in [7, 11) is 0. The molecule has 3 nitrogen and oxygen atoms in total. The summed E-state index contributed by atoms with van der Waals surface area (Å²) in [5.41, 5.74) is 8.39. The van der Waals surface area contributed by atoms with Crippen molar-refractivity contribution in [2.45, 2.75) is 31.4 Å². The van der Waals surface area contributed by atoms with Crippen LogP contribution in [0.3, 0.4) is 0 Å². The number of nitrogens with zero attached hydrogens (tertiary/aromatic N) is 1. The van der Waals surface area contributed by atoms with Crippen LogP contribution in [0.25, 0.3) is 0 Å². The molecule has 2 unspecified atom stereocenters. The zero-order valence-electron chi connectivity index (χ0n) is 8.48. The lowest BCUT2D eigenvalue weighted by Gasteiger charge is -2.17. The summed E-state index contributed by atoms with van der Waals surface area (Å²) in [4.78, 5) is 0. The zero-order valence-corrected chi connectivity index (χ0v) is 8.48. The first-order valence-electron chi connectivity index (χ1n) is 5.19. The van der Waals surface area contributed by atoms with Gasteiger partial charge in [0, 0.05) is 6.04 Å². The van der Waals surface area contributed by atoms with E-state index >= 15 is 0 Å². The molecule has 78 valence electrons. The van der Waals surface area contributed by atoms with Crippen molar-refractivity contribution in [1.82, 2.24) is 0 Å². The van der Waals surface area contributed by atoms with E-state index in [1.807, 2.05) is 6.07 Å². The molecule has 1 aromatic rings. The summed E-state index contributed by atoms with van der Waals surface area (Å²) in [5.74, 6) is 0. The predicted octanol–water partition coefficient (Wildman–Crippen LogP) is 1.26. The van der Waals surface area contributed by atoms with Crippen molar-refractivity contribution < 1.29 is 5.11 Å². The molecule has 2 atom stereocenters. The minimum absolute atomic E-state index is 0.208. The van der Waals surface area contributed by atoms with Crippen LogP contribution in [0.1, 0.15) is 35.6 Å². The highest BCUT2D eigenvalue weighted by atomic mass is 16.3. The summed E-state index contributed by atoms with van der Waals surface area (Å²) >= 11 is 0. The molecule has 0 heterocycles. The number of nitrogens with two attached hydrogens (primary N) is 1. The Morgan fingerprint density at radius 1 is 1.47 bits per heavy atom. The van der Waals surface area contributed by atoms with Gasteiger partial charge in [0.05, 0.1) is 17.7 Å². The van der Waals surface area contributed by atoms with Crippen molar-refractivity contribution in [3.05, 3.63) is 34.9 Å². The lowest BCUT2D eigenvalue weighted by molar-refractivity contribution is 0.144. The standard InChI is InChI=1S/C12H14N2O/c13-7-8-4-5-9-2-1-3-11(14)12(15)10(9)6-8/h4-6,11-12,15H,1-3,14H2. The van der Waals surface area contributed by atoms with E-state index in [1.165, 1.54) is 0 Å². The van der Waals surface area contributed by atoms with Crippen LogP contribution in [0.15, 0.2) is 18.2 Å². The fourth-order valence-electron chi connectivity index (χ4n) is 2.08. The highest BCUT2D eigenvalue weighted by Gasteiger charge is 2.23. The number of rotatable bonds is 0. The molecule has 3 N–H and O–H groups in total. The first-order valence-corrected chi connectivity index (χ1v) is 5.19. The average molecular weight is 202 g/mol. The number of aryl methyl sites for hydroxylation is 1. The molecule has 2 rings (SSSR count). The fourth-order valence-corrected chi connectivity index (χ4v) is 2.08. The Hall–Kier alpha value is -1.37. The Kier molecular flexibility index (Phi) is 2.72. The summed E-state index contributed by atoms with van der Waals surface area (Å²) in [5, 5.41) is 18.8. The van der Waals surface area contributed by atoms with Crippen LogP contribution in [0.4, 0.5) is 0 Å². The lowest BCUT2D eigenvalue weighted by atomic mass is 9.97. The molecule has 3 heteroatoms. The van der Waals surface area contributed by atoms with Gasteiger partial charge in [-0.05, 0) is 42.5 Å². The first kappa shape index (κ1) is 10.2. The number of nitriles is 1. The number of aliphatic hydroxyl groups excluding tert-OH is 1. The van der Waals surface area contributed by atoms with E-state index in [0.29, 0.717) is 5.56 Å². The van der Waals surface area contributed by atoms with E-state index in [4.69, 9.17) is 11.0 Å². The largest absolute Gasteiger partial charge is 0.387 e. The van der Waals surface area contributed by atoms with Gasteiger partial charge >= 0.3 is 0 Å². The maximum atomic E-state index is 10.00. The number of benzene rings is 1. The zero-order chi connectivity index (χ0) is 10.8. The van der Waals surface area contributed by atoms with Crippen molar-refractivity contribution in [1.29, 1.82) is 5.26 Å². The highest BCUT2D eigenvalue weighted by molar-refractivity contribution is 5.40. The molecule has 0 saturated carbocycles. The molecule has 0 radical (unpaired) electrons. The topological polar surface area (TPSA) is 70.0 Å². The molecule has 0 fully saturated rings. The normalized spacial score (nSPS) is 25.1. The van der Waals surface area contributed by atoms with Crippen LogP contribution in [-0.4, -0.2) is 11.1 Å². The Balaban J connectivity index is 2.47. The van der Waals surface area contributed by atoms with E-state index < -0.39 is 6.10 Å². The predicted molar refractivity (Wildman–Crippen MR) is 57.0 cm³/mol. The monoisotopic (exact) mass is 202 g/mol. The summed E-state index contributed by atoms with van der Waals surface area (Å²) < 4.78 is 0. The second kappa shape index (κ2) is 4.01. The van der Waals surface area contributed by atoms with Crippen LogP contribution in [0, 0.1) is 11.3 Å². The van der Waals surface area contributed by atoms with Gasteiger partial charge in [0.2, 0.25) is 0 Å². The maximum absolute atomic E-state index is 10.00. The van der Waals surface area contributed by atoms with Crippen LogP contribution in [0.5, 0.6) is 0 Å². The van der Waals surface area contributed by atoms with Crippen LogP contribution < -0.4 is 5.73 Å². The van der Waals surface area contributed by atoms with Gasteiger partial charge in [0.15, 0.2) is 0 Å². The van der Waals surface area contributed by atoms with Crippen molar-refractivity contribution in [3.8, 4) is 6.07 Å². The SMILES string of the molecule is N#Cc1ccc2c(c1)C(O)C(N)CCC2. The molecular formula is C12H14N2O. The van der Waals surface area contributed by atoms with E-state index in [2.05, 4.69) is 6.07 Å². The second-order valence-corrected chi connectivity index (χ2v) is 4.03. The van der Waals surface area contributed by atoms with Gasteiger partial charge in [-0.3, -0.25) is 0 Å². The molecule has 0 amide bonds. The summed E-state index contributed by atoms with van der Waals surface area (Å²) in [6.07, 6.45) is 2.14. The molecule has 0 spiro atoms. The highest BCUT2D eigenvalue weighted by Crippen LogP contribution is 2.28. The Morgan fingerprint density at radius 3 is 3.00 bits per heavy atom. The van der Waals surface area contributed by atoms with Gasteiger partial charge in [0.1, 0.15) is 0 Å². The van der Waals surface area contributed by atoms with Crippen LogP contribution in [0.2, 0.25) is 0 Å². The Labute approximate surface area is 89.1 Å². The minimum atomic E-state index is -0.629. The maximum Gasteiger partial charge on any atom is 0.0991 e. The van der Waals surface area contributed by atoms with E-state index in [1.54, 1.807) is 12.1 Å². The Bertz CT molecular complexity index is 409. The van der Waals surface area contributed by atoms with E-state index in [9.17, 15) is 5.11 Å². The molecule has 0 aliphatic heterocycles. The van der Waals surface area contributed by atoms with Crippen molar-refractivity contribution >= 4 is 0 Å². The van der Waals surface area contributed by atoms with Gasteiger partial charge in [-0.15, -0.1) is 0 Å². The second-order valence-electron chi connectivity index (χ2n) is 4.03. The third-order valence-electron chi connectivity index (χ3n) is 2.98. The molecule has 0 saturated heterocycles. The van der Waals surface area contributed by atoms with Gasteiger partial charge in [-0.1, -0.05) is 6.07 Å². The molecule has 15 heavy (non-hydrogen) atoms. The number of fused-ring (bicyclic) bond motifs is 1. The third-order valence-corrected chi connectivity index (χ3v) is 2.98. The quantitative estimate of drug-likeness (QED) is 0.622. The van der Waals surface area contributed by atoms with Crippen molar-refractivity contribution in [3.63, 3.8) is 0 Å². The third kappa shape index (κ3) is 1.87. The molecule has 0 aromatic heterocycles. The smallest absolute Gasteiger partial charge is 0.0991 e. The lowest BCUT2D eigenvalue weighted by Crippen LogP contribution is -2.27. The van der Waals surface area contributed by atoms with Gasteiger partial charge in [-0.2, -0.15) is 5.26 Å². The van der Waals surface area contributed by atoms with Gasteiger partial charge in [-0.25, -0.2) is 0 Å². The summed E-state index contributed by atoms with van der Waals surface area (Å²) in [6.45, 7) is 0. The van der Waals surface area contributed by atoms with Crippen LogP contribution in [-0.2, 0) is 6.42 Å². The molecule has 1 aromatic carbocycles. The average Bonchev–Trinajstić information content (AvgIpc) is 2.40. The fraction of sp³-hybridized carbons (Fsp3) is 0.417. The summed E-state index contributed by atoms with van der Waals surface area (Å²) in [6, 6.07) is 7.35. The van der Waals surface area contributed by atoms with Crippen molar-refractivity contribution in [2.24, 2.45) is 5.73 Å². The number of hydrogen-bond acceptors (Lipinski definition) is 3. The van der Waals surface area contributed by atoms with Crippen LogP contribution >= 0.6 is 0 Å². The minimum Gasteiger partial charge on any atom is -0.387 e. The number of hydrogen-bond donors (Lipinski definition) is 2. The molecule has 1 aliphatic rings. The van der Waals surface area contributed by atoms with Crippen molar-refractivity contribution in [2.75, 3.05) is 0 Å².